The number of hydrogen-bond acceptors (Lipinski definition) is 3. The molecule has 0 unspecified atom stereocenters. The summed E-state index contributed by atoms with van der Waals surface area (Å²) >= 11 is 0. The third-order valence-corrected chi connectivity index (χ3v) is 6.28. The second kappa shape index (κ2) is 7.37. The minimum atomic E-state index is -4.51. The summed E-state index contributed by atoms with van der Waals surface area (Å²) in [5.74, 6) is 0.0244. The van der Waals surface area contributed by atoms with Crippen molar-refractivity contribution in [1.29, 1.82) is 0 Å². The highest BCUT2D eigenvalue weighted by molar-refractivity contribution is 5.97. The van der Waals surface area contributed by atoms with E-state index in [1.54, 1.807) is 31.5 Å². The van der Waals surface area contributed by atoms with Crippen LogP contribution in [0.2, 0.25) is 0 Å². The minimum Gasteiger partial charge on any atom is -0.335 e. The number of halogens is 3. The molecule has 0 radical (unpaired) electrons. The lowest BCUT2D eigenvalue weighted by atomic mass is 9.92. The van der Waals surface area contributed by atoms with E-state index in [1.807, 2.05) is 11.0 Å². The average molecular weight is 428 g/mol. The van der Waals surface area contributed by atoms with E-state index in [2.05, 4.69) is 10.3 Å². The van der Waals surface area contributed by atoms with Crippen molar-refractivity contribution >= 4 is 11.6 Å². The van der Waals surface area contributed by atoms with Crippen LogP contribution >= 0.6 is 0 Å². The van der Waals surface area contributed by atoms with Gasteiger partial charge >= 0.3 is 6.18 Å². The number of carbonyl (C=O) groups is 1. The number of pyridine rings is 1. The van der Waals surface area contributed by atoms with Crippen LogP contribution in [-0.2, 0) is 12.6 Å². The average Bonchev–Trinajstić information content (AvgIpc) is 3.13. The smallest absolute Gasteiger partial charge is 0.335 e. The molecular formula is C23H23F3N4O. The van der Waals surface area contributed by atoms with Crippen LogP contribution in [0.1, 0.15) is 40.0 Å². The highest BCUT2D eigenvalue weighted by atomic mass is 19.4. The quantitative estimate of drug-likeness (QED) is 0.669. The van der Waals surface area contributed by atoms with Crippen molar-refractivity contribution in [2.45, 2.75) is 38.4 Å². The summed E-state index contributed by atoms with van der Waals surface area (Å²) in [5, 5.41) is 3.32. The van der Waals surface area contributed by atoms with Gasteiger partial charge in [0.2, 0.25) is 0 Å². The molecule has 3 aromatic rings. The molecule has 8 heteroatoms. The molecule has 5 nitrogen and oxygen atoms in total. The van der Waals surface area contributed by atoms with Gasteiger partial charge in [-0.2, -0.15) is 13.2 Å². The van der Waals surface area contributed by atoms with Crippen LogP contribution in [0.15, 0.2) is 36.7 Å². The van der Waals surface area contributed by atoms with E-state index >= 15 is 0 Å². The number of imidazole rings is 1. The Morgan fingerprint density at radius 1 is 1.10 bits per heavy atom. The van der Waals surface area contributed by atoms with E-state index in [-0.39, 0.29) is 17.6 Å². The fourth-order valence-corrected chi connectivity index (χ4v) is 4.74. The molecule has 1 aromatic carbocycles. The summed E-state index contributed by atoms with van der Waals surface area (Å²) in [6.07, 6.45) is 1.35. The normalized spacial score (nSPS) is 17.9. The second-order valence-corrected chi connectivity index (χ2v) is 8.36. The maximum Gasteiger partial charge on any atom is 0.420 e. The van der Waals surface area contributed by atoms with Gasteiger partial charge in [-0.05, 0) is 68.1 Å². The molecule has 0 aliphatic carbocycles. The maximum atomic E-state index is 13.7. The lowest BCUT2D eigenvalue weighted by Crippen LogP contribution is -2.49. The monoisotopic (exact) mass is 428 g/mol. The van der Waals surface area contributed by atoms with Crippen molar-refractivity contribution in [1.82, 2.24) is 19.6 Å². The number of aromatic nitrogens is 2. The van der Waals surface area contributed by atoms with Crippen molar-refractivity contribution in [2.75, 3.05) is 19.6 Å². The molecule has 0 spiro atoms. The Hall–Kier alpha value is -2.87. The minimum absolute atomic E-state index is 0.0244. The Labute approximate surface area is 177 Å². The number of benzene rings is 1. The highest BCUT2D eigenvalue weighted by Gasteiger charge is 2.35. The van der Waals surface area contributed by atoms with Crippen LogP contribution in [-0.4, -0.2) is 45.9 Å². The van der Waals surface area contributed by atoms with Crippen LogP contribution in [0.5, 0.6) is 0 Å². The zero-order valence-corrected chi connectivity index (χ0v) is 17.2. The number of alkyl halides is 3. The molecule has 0 saturated carbocycles. The summed E-state index contributed by atoms with van der Waals surface area (Å²) in [4.78, 5) is 19.1. The van der Waals surface area contributed by atoms with Crippen molar-refractivity contribution in [3.05, 3.63) is 59.0 Å². The molecule has 0 bridgehead atoms. The number of carbonyl (C=O) groups excluding carboxylic acids is 1. The Bertz CT molecular complexity index is 1160. The predicted octanol–water partition coefficient (Wildman–Crippen LogP) is 4.08. The van der Waals surface area contributed by atoms with Crippen LogP contribution in [0, 0.1) is 6.92 Å². The third-order valence-electron chi connectivity index (χ3n) is 6.28. The largest absolute Gasteiger partial charge is 0.420 e. The van der Waals surface area contributed by atoms with Crippen LogP contribution in [0.4, 0.5) is 13.2 Å². The number of nitrogens with one attached hydrogen (secondary N) is 1. The van der Waals surface area contributed by atoms with E-state index in [1.165, 1.54) is 4.40 Å². The molecule has 1 saturated heterocycles. The zero-order chi connectivity index (χ0) is 21.8. The fourth-order valence-electron chi connectivity index (χ4n) is 4.74. The Morgan fingerprint density at radius 2 is 1.87 bits per heavy atom. The van der Waals surface area contributed by atoms with Crippen LogP contribution in [0.3, 0.4) is 0 Å². The number of amides is 1. The first-order valence-corrected chi connectivity index (χ1v) is 10.5. The molecule has 2 aliphatic rings. The van der Waals surface area contributed by atoms with Crippen molar-refractivity contribution in [3.8, 4) is 11.1 Å². The van der Waals surface area contributed by atoms with Gasteiger partial charge in [0.15, 0.2) is 0 Å². The van der Waals surface area contributed by atoms with Gasteiger partial charge in [-0.25, -0.2) is 4.98 Å². The number of fused-ring (bicyclic) bond motifs is 2. The van der Waals surface area contributed by atoms with Gasteiger partial charge in [0.1, 0.15) is 5.65 Å². The van der Waals surface area contributed by atoms with E-state index in [9.17, 15) is 18.0 Å². The molecule has 5 rings (SSSR count). The van der Waals surface area contributed by atoms with Crippen molar-refractivity contribution in [3.63, 3.8) is 0 Å². The first kappa shape index (κ1) is 20.1. The summed E-state index contributed by atoms with van der Waals surface area (Å²) in [6.45, 7) is 4.15. The van der Waals surface area contributed by atoms with Gasteiger partial charge in [0, 0.05) is 30.5 Å². The SMILES string of the molecule is Cc1cn2cc(-c3ccc4c(c3)CCN(C3CCNCC3)C4=O)cc(C(F)(F)F)c2n1. The molecule has 162 valence electrons. The second-order valence-electron chi connectivity index (χ2n) is 8.36. The summed E-state index contributed by atoms with van der Waals surface area (Å²) < 4.78 is 42.4. The molecule has 1 amide bonds. The van der Waals surface area contributed by atoms with Gasteiger partial charge in [-0.1, -0.05) is 12.1 Å². The molecule has 2 aromatic heterocycles. The van der Waals surface area contributed by atoms with Crippen molar-refractivity contribution < 1.29 is 18.0 Å². The standard InChI is InChI=1S/C23H23F3N4O/c1-14-12-29-13-17(11-20(21(29)28-14)23(24,25)26)15-2-3-19-16(10-15)6-9-30(22(19)31)18-4-7-27-8-5-18/h2-3,10-13,18,27H,4-9H2,1H3. The molecule has 1 N–H and O–H groups in total. The molecule has 0 atom stereocenters. The van der Waals surface area contributed by atoms with Gasteiger partial charge in [0.25, 0.3) is 5.91 Å². The summed E-state index contributed by atoms with van der Waals surface area (Å²) in [6, 6.07) is 6.76. The van der Waals surface area contributed by atoms with E-state index in [4.69, 9.17) is 0 Å². The van der Waals surface area contributed by atoms with E-state index in [0.717, 1.165) is 37.6 Å². The highest BCUT2D eigenvalue weighted by Crippen LogP contribution is 2.36. The third kappa shape index (κ3) is 3.59. The van der Waals surface area contributed by atoms with Gasteiger partial charge < -0.3 is 14.6 Å². The number of hydrogen-bond donors (Lipinski definition) is 1. The summed E-state index contributed by atoms with van der Waals surface area (Å²) in [7, 11) is 0. The number of rotatable bonds is 2. The van der Waals surface area contributed by atoms with E-state index < -0.39 is 11.7 Å². The molecule has 4 heterocycles. The Balaban J connectivity index is 1.52. The maximum absolute atomic E-state index is 13.7. The van der Waals surface area contributed by atoms with Gasteiger partial charge in [0.05, 0.1) is 11.3 Å². The first-order valence-electron chi connectivity index (χ1n) is 10.5. The Morgan fingerprint density at radius 3 is 2.61 bits per heavy atom. The zero-order valence-electron chi connectivity index (χ0n) is 17.2. The van der Waals surface area contributed by atoms with E-state index in [0.29, 0.717) is 35.3 Å². The first-order chi connectivity index (χ1) is 14.8. The lowest BCUT2D eigenvalue weighted by Gasteiger charge is -2.37. The number of nitrogens with zero attached hydrogens (tertiary/aromatic N) is 3. The molecular weight excluding hydrogens is 405 g/mol. The van der Waals surface area contributed by atoms with Crippen molar-refractivity contribution in [2.24, 2.45) is 0 Å². The number of aryl methyl sites for hydroxylation is 1. The fraction of sp³-hybridized carbons (Fsp3) is 0.391. The van der Waals surface area contributed by atoms with Crippen LogP contribution in [0.25, 0.3) is 16.8 Å². The predicted molar refractivity (Wildman–Crippen MR) is 111 cm³/mol. The van der Waals surface area contributed by atoms with Gasteiger partial charge in [-0.15, -0.1) is 0 Å². The lowest BCUT2D eigenvalue weighted by molar-refractivity contribution is -0.136. The molecule has 2 aliphatic heterocycles. The van der Waals surface area contributed by atoms with Crippen LogP contribution < -0.4 is 5.32 Å². The summed E-state index contributed by atoms with van der Waals surface area (Å²) in [5.41, 5.74) is 2.33. The molecule has 1 fully saturated rings. The Kier molecular flexibility index (Phi) is 4.77. The number of piperidine rings is 1. The topological polar surface area (TPSA) is 49.6 Å². The van der Waals surface area contributed by atoms with Gasteiger partial charge in [-0.3, -0.25) is 4.79 Å². The molecule has 31 heavy (non-hydrogen) atoms.